The lowest BCUT2D eigenvalue weighted by molar-refractivity contribution is 0.0787. The third-order valence-corrected chi connectivity index (χ3v) is 4.25. The van der Waals surface area contributed by atoms with Crippen molar-refractivity contribution in [3.8, 4) is 0 Å². The van der Waals surface area contributed by atoms with Crippen molar-refractivity contribution in [2.75, 3.05) is 13.1 Å². The van der Waals surface area contributed by atoms with Crippen LogP contribution in [0.1, 0.15) is 39.3 Å². The molecule has 3 rings (SSSR count). The molecule has 0 unspecified atom stereocenters. The number of rotatable bonds is 4. The van der Waals surface area contributed by atoms with Crippen molar-refractivity contribution in [1.82, 2.24) is 15.2 Å². The summed E-state index contributed by atoms with van der Waals surface area (Å²) in [6.45, 7) is 1.91. The Morgan fingerprint density at radius 1 is 1.12 bits per heavy atom. The van der Waals surface area contributed by atoms with Gasteiger partial charge in [-0.1, -0.05) is 23.7 Å². The minimum absolute atomic E-state index is 0.111. The van der Waals surface area contributed by atoms with Gasteiger partial charge in [0.05, 0.1) is 0 Å². The van der Waals surface area contributed by atoms with Crippen molar-refractivity contribution in [2.45, 2.75) is 19.4 Å². The molecule has 2 amide bonds. The summed E-state index contributed by atoms with van der Waals surface area (Å²) in [5, 5.41) is 3.49. The van der Waals surface area contributed by atoms with Crippen LogP contribution in [0.25, 0.3) is 0 Å². The number of hydrogen-bond donors (Lipinski definition) is 1. The van der Waals surface area contributed by atoms with E-state index in [4.69, 9.17) is 11.6 Å². The summed E-state index contributed by atoms with van der Waals surface area (Å²) in [5.74, 6) is -0.345. The molecule has 0 bridgehead atoms. The van der Waals surface area contributed by atoms with Gasteiger partial charge in [-0.05, 0) is 42.7 Å². The van der Waals surface area contributed by atoms with Crippen molar-refractivity contribution in [1.29, 1.82) is 0 Å². The van der Waals surface area contributed by atoms with Gasteiger partial charge in [0, 0.05) is 36.4 Å². The summed E-state index contributed by atoms with van der Waals surface area (Å²) >= 11 is 5.84. The largest absolute Gasteiger partial charge is 0.348 e. The first kappa shape index (κ1) is 16.5. The zero-order valence-corrected chi connectivity index (χ0v) is 13.9. The molecule has 0 atom stereocenters. The average Bonchev–Trinajstić information content (AvgIpc) is 3.15. The SMILES string of the molecule is O=C(NCc1ccc(Cl)cc1)c1ccnc(C(=O)N2CCCC2)c1. The number of halogens is 1. The highest BCUT2D eigenvalue weighted by Crippen LogP contribution is 2.13. The summed E-state index contributed by atoms with van der Waals surface area (Å²) in [4.78, 5) is 30.5. The van der Waals surface area contributed by atoms with E-state index in [9.17, 15) is 9.59 Å². The van der Waals surface area contributed by atoms with Gasteiger partial charge in [-0.25, -0.2) is 0 Å². The molecule has 0 aliphatic carbocycles. The second kappa shape index (κ2) is 7.45. The molecule has 0 spiro atoms. The molecule has 2 heterocycles. The number of aromatic nitrogens is 1. The van der Waals surface area contributed by atoms with Gasteiger partial charge in [-0.15, -0.1) is 0 Å². The lowest BCUT2D eigenvalue weighted by Crippen LogP contribution is -2.29. The van der Waals surface area contributed by atoms with Crippen LogP contribution in [0, 0.1) is 0 Å². The van der Waals surface area contributed by atoms with Gasteiger partial charge in [0.2, 0.25) is 0 Å². The molecule has 6 heteroatoms. The summed E-state index contributed by atoms with van der Waals surface area (Å²) in [6.07, 6.45) is 3.54. The predicted molar refractivity (Wildman–Crippen MR) is 92.0 cm³/mol. The van der Waals surface area contributed by atoms with E-state index in [1.54, 1.807) is 29.2 Å². The zero-order valence-electron chi connectivity index (χ0n) is 13.2. The van der Waals surface area contributed by atoms with E-state index in [0.29, 0.717) is 22.8 Å². The van der Waals surface area contributed by atoms with Crippen LogP contribution in [-0.4, -0.2) is 34.8 Å². The summed E-state index contributed by atoms with van der Waals surface area (Å²) in [7, 11) is 0. The Bertz CT molecular complexity index is 740. The third kappa shape index (κ3) is 3.92. The van der Waals surface area contributed by atoms with Crippen molar-refractivity contribution in [3.05, 3.63) is 64.4 Å². The minimum atomic E-state index is -0.233. The molecule has 124 valence electrons. The Kier molecular flexibility index (Phi) is 5.11. The summed E-state index contributed by atoms with van der Waals surface area (Å²) < 4.78 is 0. The average molecular weight is 344 g/mol. The molecule has 1 aliphatic heterocycles. The Labute approximate surface area is 145 Å². The van der Waals surface area contributed by atoms with Gasteiger partial charge in [0.15, 0.2) is 0 Å². The fourth-order valence-electron chi connectivity index (χ4n) is 2.66. The van der Waals surface area contributed by atoms with Gasteiger partial charge in [0.1, 0.15) is 5.69 Å². The van der Waals surface area contributed by atoms with Crippen LogP contribution < -0.4 is 5.32 Å². The Balaban J connectivity index is 1.65. The smallest absolute Gasteiger partial charge is 0.272 e. The normalized spacial score (nSPS) is 13.8. The highest BCUT2D eigenvalue weighted by Gasteiger charge is 2.21. The standard InChI is InChI=1S/C18H18ClN3O2/c19-15-5-3-13(4-6-15)12-21-17(23)14-7-8-20-16(11-14)18(24)22-9-1-2-10-22/h3-8,11H,1-2,9-10,12H2,(H,21,23). The van der Waals surface area contributed by atoms with Gasteiger partial charge < -0.3 is 10.2 Å². The number of carbonyl (C=O) groups excluding carboxylic acids is 2. The monoisotopic (exact) mass is 343 g/mol. The first-order chi connectivity index (χ1) is 11.6. The molecule has 24 heavy (non-hydrogen) atoms. The van der Waals surface area contributed by atoms with E-state index in [2.05, 4.69) is 10.3 Å². The topological polar surface area (TPSA) is 62.3 Å². The fraction of sp³-hybridized carbons (Fsp3) is 0.278. The minimum Gasteiger partial charge on any atom is -0.348 e. The van der Waals surface area contributed by atoms with Crippen molar-refractivity contribution in [3.63, 3.8) is 0 Å². The van der Waals surface area contributed by atoms with Gasteiger partial charge in [-0.2, -0.15) is 0 Å². The second-order valence-electron chi connectivity index (χ2n) is 5.74. The fourth-order valence-corrected chi connectivity index (χ4v) is 2.78. The molecule has 1 N–H and O–H groups in total. The molecular weight excluding hydrogens is 326 g/mol. The molecule has 0 radical (unpaired) electrons. The zero-order chi connectivity index (χ0) is 16.9. The van der Waals surface area contributed by atoms with E-state index in [1.807, 2.05) is 12.1 Å². The molecule has 1 saturated heterocycles. The van der Waals surface area contributed by atoms with Crippen molar-refractivity contribution in [2.24, 2.45) is 0 Å². The molecule has 0 saturated carbocycles. The number of benzene rings is 1. The van der Waals surface area contributed by atoms with E-state index >= 15 is 0 Å². The molecule has 1 aliphatic rings. The van der Waals surface area contributed by atoms with E-state index in [-0.39, 0.29) is 11.8 Å². The van der Waals surface area contributed by atoms with Crippen molar-refractivity contribution < 1.29 is 9.59 Å². The number of amides is 2. The van der Waals surface area contributed by atoms with Crippen LogP contribution in [0.5, 0.6) is 0 Å². The van der Waals surface area contributed by atoms with Crippen LogP contribution in [-0.2, 0) is 6.54 Å². The highest BCUT2D eigenvalue weighted by molar-refractivity contribution is 6.30. The maximum absolute atomic E-state index is 12.4. The first-order valence-corrected chi connectivity index (χ1v) is 8.29. The van der Waals surface area contributed by atoms with Gasteiger partial charge >= 0.3 is 0 Å². The van der Waals surface area contributed by atoms with E-state index in [0.717, 1.165) is 31.5 Å². The predicted octanol–water partition coefficient (Wildman–Crippen LogP) is 2.90. The molecule has 2 aromatic rings. The summed E-state index contributed by atoms with van der Waals surface area (Å²) in [6, 6.07) is 10.4. The summed E-state index contributed by atoms with van der Waals surface area (Å²) in [5.41, 5.74) is 1.70. The number of carbonyl (C=O) groups is 2. The van der Waals surface area contributed by atoms with Gasteiger partial charge in [0.25, 0.3) is 11.8 Å². The molecule has 5 nitrogen and oxygen atoms in total. The number of nitrogens with one attached hydrogen (secondary N) is 1. The Hall–Kier alpha value is -2.40. The lowest BCUT2D eigenvalue weighted by Gasteiger charge is -2.14. The van der Waals surface area contributed by atoms with E-state index in [1.165, 1.54) is 6.20 Å². The van der Waals surface area contributed by atoms with Crippen molar-refractivity contribution >= 4 is 23.4 Å². The molecule has 1 aromatic carbocycles. The highest BCUT2D eigenvalue weighted by atomic mass is 35.5. The number of nitrogens with zero attached hydrogens (tertiary/aromatic N) is 2. The quantitative estimate of drug-likeness (QED) is 0.928. The van der Waals surface area contributed by atoms with Crippen LogP contribution in [0.3, 0.4) is 0 Å². The lowest BCUT2D eigenvalue weighted by atomic mass is 10.2. The van der Waals surface area contributed by atoms with Gasteiger partial charge in [-0.3, -0.25) is 14.6 Å². The maximum Gasteiger partial charge on any atom is 0.272 e. The van der Waals surface area contributed by atoms with Crippen LogP contribution in [0.4, 0.5) is 0 Å². The second-order valence-corrected chi connectivity index (χ2v) is 6.17. The molecule has 1 aromatic heterocycles. The number of pyridine rings is 1. The van der Waals surface area contributed by atoms with Crippen LogP contribution in [0.15, 0.2) is 42.6 Å². The first-order valence-electron chi connectivity index (χ1n) is 7.91. The molecule has 1 fully saturated rings. The Morgan fingerprint density at radius 3 is 2.54 bits per heavy atom. The number of likely N-dealkylation sites (tertiary alicyclic amines) is 1. The Morgan fingerprint density at radius 2 is 1.83 bits per heavy atom. The maximum atomic E-state index is 12.4. The van der Waals surface area contributed by atoms with E-state index < -0.39 is 0 Å². The van der Waals surface area contributed by atoms with Crippen LogP contribution >= 0.6 is 11.6 Å². The number of hydrogen-bond acceptors (Lipinski definition) is 3. The molecular formula is C18H18ClN3O2. The third-order valence-electron chi connectivity index (χ3n) is 4.00. The van der Waals surface area contributed by atoms with Crippen LogP contribution in [0.2, 0.25) is 5.02 Å².